The van der Waals surface area contributed by atoms with Gasteiger partial charge in [0.05, 0.1) is 11.4 Å². The van der Waals surface area contributed by atoms with Crippen molar-refractivity contribution in [3.63, 3.8) is 0 Å². The van der Waals surface area contributed by atoms with Crippen LogP contribution in [0.25, 0.3) is 0 Å². The maximum atomic E-state index is 14.0. The van der Waals surface area contributed by atoms with Crippen molar-refractivity contribution in [3.05, 3.63) is 107 Å². The van der Waals surface area contributed by atoms with Gasteiger partial charge in [-0.2, -0.15) is 8.78 Å². The molecule has 1 aliphatic heterocycles. The molecule has 1 heterocycles. The Labute approximate surface area is 217 Å². The normalized spacial score (nSPS) is 14.7. The predicted octanol–water partition coefficient (Wildman–Crippen LogP) is 6.99. The van der Waals surface area contributed by atoms with E-state index in [9.17, 15) is 13.2 Å². The van der Waals surface area contributed by atoms with Crippen molar-refractivity contribution in [1.82, 2.24) is 4.90 Å². The molecule has 3 aromatic rings. The second kappa shape index (κ2) is 11.5. The summed E-state index contributed by atoms with van der Waals surface area (Å²) in [4.78, 5) is 7.38. The average molecular weight is 507 g/mol. The van der Waals surface area contributed by atoms with Gasteiger partial charge in [-0.1, -0.05) is 43.0 Å². The van der Waals surface area contributed by atoms with Gasteiger partial charge in [0.1, 0.15) is 11.6 Å². The van der Waals surface area contributed by atoms with E-state index in [4.69, 9.17) is 0 Å². The Morgan fingerprint density at radius 1 is 1.00 bits per heavy atom. The lowest BCUT2D eigenvalue weighted by atomic mass is 9.97. The molecule has 0 aliphatic carbocycles. The number of likely N-dealkylation sites (tertiary alicyclic amines) is 1. The lowest BCUT2D eigenvalue weighted by Crippen LogP contribution is -2.44. The summed E-state index contributed by atoms with van der Waals surface area (Å²) in [5, 5.41) is 3.59. The number of aryl methyl sites for hydroxylation is 2. The van der Waals surface area contributed by atoms with Crippen molar-refractivity contribution in [2.75, 3.05) is 30.4 Å². The van der Waals surface area contributed by atoms with Gasteiger partial charge in [0.25, 0.3) is 0 Å². The zero-order valence-corrected chi connectivity index (χ0v) is 21.5. The number of anilines is 2. The molecule has 1 aliphatic rings. The molecule has 194 valence electrons. The summed E-state index contributed by atoms with van der Waals surface area (Å²) in [5.74, 6) is 0.0332. The highest BCUT2D eigenvalue weighted by atomic mass is 19.3. The van der Waals surface area contributed by atoms with Crippen LogP contribution in [0, 0.1) is 19.7 Å². The van der Waals surface area contributed by atoms with Crippen LogP contribution in [0.5, 0.6) is 0 Å². The van der Waals surface area contributed by atoms with Gasteiger partial charge in [0.2, 0.25) is 0 Å². The molecule has 0 bridgehead atoms. The van der Waals surface area contributed by atoms with Crippen molar-refractivity contribution in [3.8, 4) is 0 Å². The number of nitrogens with one attached hydrogen (secondary N) is 1. The van der Waals surface area contributed by atoms with E-state index in [0.29, 0.717) is 24.6 Å². The monoisotopic (exact) mass is 506 g/mol. The average Bonchev–Trinajstić information content (AvgIpc) is 2.87. The lowest BCUT2D eigenvalue weighted by molar-refractivity contribution is 0.134. The minimum Gasteiger partial charge on any atom is -0.382 e. The SMILES string of the molecule is C=C(N1CCC(Nc2ccc(C(=NC)c3cccc(F)c3)c(C)c2)CC1)N(c1ccccc1C)C(F)F. The third-order valence-electron chi connectivity index (χ3n) is 6.88. The maximum Gasteiger partial charge on any atom is 0.320 e. The molecule has 0 unspecified atom stereocenters. The topological polar surface area (TPSA) is 30.9 Å². The number of hydrogen-bond donors (Lipinski definition) is 1. The van der Waals surface area contributed by atoms with E-state index < -0.39 is 6.55 Å². The van der Waals surface area contributed by atoms with Crippen molar-refractivity contribution in [1.29, 1.82) is 0 Å². The van der Waals surface area contributed by atoms with Crippen molar-refractivity contribution < 1.29 is 13.2 Å². The first-order valence-corrected chi connectivity index (χ1v) is 12.5. The molecule has 0 saturated carbocycles. The van der Waals surface area contributed by atoms with Gasteiger partial charge in [-0.25, -0.2) is 4.39 Å². The summed E-state index contributed by atoms with van der Waals surface area (Å²) in [5.41, 5.74) is 5.72. The zero-order valence-electron chi connectivity index (χ0n) is 21.5. The van der Waals surface area contributed by atoms with Crippen LogP contribution >= 0.6 is 0 Å². The molecule has 0 atom stereocenters. The van der Waals surface area contributed by atoms with Crippen molar-refractivity contribution in [2.45, 2.75) is 39.3 Å². The number of benzene rings is 3. The number of rotatable bonds is 8. The first-order chi connectivity index (χ1) is 17.8. The molecular weight excluding hydrogens is 473 g/mol. The number of piperidine rings is 1. The largest absolute Gasteiger partial charge is 0.382 e. The fourth-order valence-corrected chi connectivity index (χ4v) is 4.92. The maximum absolute atomic E-state index is 14.0. The van der Waals surface area contributed by atoms with Crippen LogP contribution in [0.2, 0.25) is 0 Å². The summed E-state index contributed by atoms with van der Waals surface area (Å²) in [7, 11) is 1.71. The van der Waals surface area contributed by atoms with Gasteiger partial charge in [0, 0.05) is 43.0 Å². The van der Waals surface area contributed by atoms with Crippen LogP contribution in [-0.4, -0.2) is 43.3 Å². The van der Waals surface area contributed by atoms with Gasteiger partial charge < -0.3 is 10.2 Å². The lowest BCUT2D eigenvalue weighted by Gasteiger charge is -2.40. The molecule has 37 heavy (non-hydrogen) atoms. The fourth-order valence-electron chi connectivity index (χ4n) is 4.92. The highest BCUT2D eigenvalue weighted by molar-refractivity contribution is 6.13. The third kappa shape index (κ3) is 5.98. The van der Waals surface area contributed by atoms with Gasteiger partial charge in [0.15, 0.2) is 0 Å². The standard InChI is InChI=1S/C30H33F3N4/c1-20-8-5-6-11-28(20)37(30(32)33)22(3)36-16-14-25(15-17-36)35-26-12-13-27(21(2)18-26)29(34-4)23-9-7-10-24(31)19-23/h5-13,18-19,25,30,35H,3,14-17H2,1-2,4H3. The van der Waals surface area contributed by atoms with Crippen molar-refractivity contribution in [2.24, 2.45) is 4.99 Å². The number of halogens is 3. The summed E-state index contributed by atoms with van der Waals surface area (Å²) < 4.78 is 41.8. The molecule has 1 saturated heterocycles. The van der Waals surface area contributed by atoms with Gasteiger partial charge >= 0.3 is 6.55 Å². The van der Waals surface area contributed by atoms with Crippen LogP contribution in [0.4, 0.5) is 24.5 Å². The number of hydrogen-bond acceptors (Lipinski definition) is 4. The highest BCUT2D eigenvalue weighted by Gasteiger charge is 2.28. The van der Waals surface area contributed by atoms with Crippen LogP contribution in [0.1, 0.15) is 35.1 Å². The Morgan fingerprint density at radius 3 is 2.35 bits per heavy atom. The first kappa shape index (κ1) is 26.3. The smallest absolute Gasteiger partial charge is 0.320 e. The molecule has 4 rings (SSSR count). The predicted molar refractivity (Wildman–Crippen MR) is 146 cm³/mol. The Kier molecular flexibility index (Phi) is 8.21. The number of aliphatic imine (C=N–C) groups is 1. The Balaban J connectivity index is 1.40. The zero-order chi connectivity index (χ0) is 26.5. The van der Waals surface area contributed by atoms with E-state index >= 15 is 0 Å². The Morgan fingerprint density at radius 2 is 1.73 bits per heavy atom. The Bertz CT molecular complexity index is 1280. The van der Waals surface area contributed by atoms with Crippen LogP contribution in [0.3, 0.4) is 0 Å². The molecule has 0 aromatic heterocycles. The van der Waals surface area contributed by atoms with Gasteiger partial charge in [-0.3, -0.25) is 9.89 Å². The summed E-state index contributed by atoms with van der Waals surface area (Å²) in [6, 6.07) is 19.9. The van der Waals surface area contributed by atoms with Gasteiger partial charge in [-0.15, -0.1) is 0 Å². The molecule has 3 aromatic carbocycles. The minimum atomic E-state index is -2.67. The van der Waals surface area contributed by atoms with E-state index in [1.165, 1.54) is 12.1 Å². The number of nitrogens with zero attached hydrogens (tertiary/aromatic N) is 3. The van der Waals surface area contributed by atoms with Crippen LogP contribution in [0.15, 0.2) is 84.1 Å². The first-order valence-electron chi connectivity index (χ1n) is 12.5. The number of para-hydroxylation sites is 1. The van der Waals surface area contributed by atoms with E-state index in [2.05, 4.69) is 23.0 Å². The second-order valence-corrected chi connectivity index (χ2v) is 9.37. The molecule has 0 amide bonds. The molecule has 4 nitrogen and oxygen atoms in total. The molecule has 0 spiro atoms. The molecule has 0 radical (unpaired) electrons. The van der Waals surface area contributed by atoms with E-state index in [0.717, 1.165) is 51.4 Å². The third-order valence-corrected chi connectivity index (χ3v) is 6.88. The van der Waals surface area contributed by atoms with Crippen LogP contribution < -0.4 is 10.2 Å². The number of alkyl halides is 2. The summed E-state index contributed by atoms with van der Waals surface area (Å²) >= 11 is 0. The second-order valence-electron chi connectivity index (χ2n) is 9.37. The Hall–Kier alpha value is -3.74. The van der Waals surface area contributed by atoms with E-state index in [1.807, 2.05) is 49.1 Å². The minimum absolute atomic E-state index is 0.218. The molecular formula is C30H33F3N4. The van der Waals surface area contributed by atoms with Crippen LogP contribution in [-0.2, 0) is 0 Å². The quantitative estimate of drug-likeness (QED) is 0.264. The summed E-state index contributed by atoms with van der Waals surface area (Å²) in [6.07, 6.45) is 1.60. The molecule has 7 heteroatoms. The molecule has 1 N–H and O–H groups in total. The van der Waals surface area contributed by atoms with Crippen molar-refractivity contribution >= 4 is 17.1 Å². The fraction of sp³-hybridized carbons (Fsp3) is 0.300. The van der Waals surface area contributed by atoms with E-state index in [1.54, 1.807) is 25.2 Å². The summed E-state index contributed by atoms with van der Waals surface area (Å²) in [6.45, 7) is 6.46. The van der Waals surface area contributed by atoms with Gasteiger partial charge in [-0.05, 0) is 68.1 Å². The molecule has 1 fully saturated rings. The highest BCUT2D eigenvalue weighted by Crippen LogP contribution is 2.30. The van der Waals surface area contributed by atoms with E-state index in [-0.39, 0.29) is 11.9 Å².